The Morgan fingerprint density at radius 2 is 1.97 bits per heavy atom. The molecular formula is C24H24BrClN4O2. The topological polar surface area (TPSA) is 79.9 Å². The monoisotopic (exact) mass is 514 g/mol. The lowest BCUT2D eigenvalue weighted by molar-refractivity contribution is 0.0518. The van der Waals surface area contributed by atoms with Crippen molar-refractivity contribution in [3.05, 3.63) is 80.3 Å². The molecule has 3 aromatic rings. The first-order chi connectivity index (χ1) is 15.3. The maximum absolute atomic E-state index is 12.9. The van der Waals surface area contributed by atoms with E-state index < -0.39 is 12.0 Å². The molecule has 1 atom stereocenters. The smallest absolute Gasteiger partial charge is 0.358 e. The number of hydrogen-bond donors (Lipinski definition) is 1. The van der Waals surface area contributed by atoms with Crippen molar-refractivity contribution < 1.29 is 9.53 Å². The number of benzene rings is 2. The molecule has 0 aliphatic carbocycles. The lowest BCUT2D eigenvalue weighted by Crippen LogP contribution is -2.22. The number of esters is 1. The largest absolute Gasteiger partial charge is 0.461 e. The van der Waals surface area contributed by atoms with Crippen molar-refractivity contribution in [1.82, 2.24) is 9.55 Å². The van der Waals surface area contributed by atoms with Crippen LogP contribution in [0.15, 0.2) is 47.2 Å². The standard InChI is InChI=1S/C24H24BrClN4O2/c1-5-32-23(31)21-22(30(14(2)3)24(25)29-21)20(17-9-7-16(13-27)8-10-17)28-19-12-18(26)11-6-15(19)4/h6-12,14,20,28H,5H2,1-4H3. The molecule has 3 rings (SSSR count). The van der Waals surface area contributed by atoms with Gasteiger partial charge in [0, 0.05) is 16.8 Å². The number of ether oxygens (including phenoxy) is 1. The summed E-state index contributed by atoms with van der Waals surface area (Å²) < 4.78 is 7.80. The van der Waals surface area contributed by atoms with Crippen LogP contribution in [0.1, 0.15) is 65.7 Å². The molecule has 6 nitrogen and oxygen atoms in total. The zero-order chi connectivity index (χ0) is 23.4. The van der Waals surface area contributed by atoms with Crippen molar-refractivity contribution in [2.75, 3.05) is 11.9 Å². The molecule has 1 heterocycles. The Hall–Kier alpha value is -2.82. The summed E-state index contributed by atoms with van der Waals surface area (Å²) >= 11 is 9.78. The van der Waals surface area contributed by atoms with Crippen molar-refractivity contribution in [2.45, 2.75) is 39.8 Å². The van der Waals surface area contributed by atoms with E-state index in [1.165, 1.54) is 0 Å². The fourth-order valence-corrected chi connectivity index (χ4v) is 4.45. The van der Waals surface area contributed by atoms with Crippen molar-refractivity contribution >= 4 is 39.2 Å². The van der Waals surface area contributed by atoms with E-state index in [0.717, 1.165) is 16.8 Å². The molecule has 0 radical (unpaired) electrons. The first-order valence-electron chi connectivity index (χ1n) is 10.2. The Kier molecular flexibility index (Phi) is 7.60. The number of carbonyl (C=O) groups excluding carboxylic acids is 1. The second-order valence-electron chi connectivity index (χ2n) is 7.57. The molecule has 166 valence electrons. The first kappa shape index (κ1) is 23.8. The van der Waals surface area contributed by atoms with Gasteiger partial charge in [-0.3, -0.25) is 0 Å². The number of nitriles is 1. The van der Waals surface area contributed by atoms with E-state index in [1.54, 1.807) is 19.1 Å². The fourth-order valence-electron chi connectivity index (χ4n) is 3.50. The highest BCUT2D eigenvalue weighted by atomic mass is 79.9. The minimum atomic E-state index is -0.495. The molecule has 0 aliphatic heterocycles. The number of carbonyl (C=O) groups is 1. The van der Waals surface area contributed by atoms with Crippen molar-refractivity contribution in [3.63, 3.8) is 0 Å². The second kappa shape index (κ2) is 10.2. The lowest BCUT2D eigenvalue weighted by atomic mass is 9.99. The van der Waals surface area contributed by atoms with Crippen LogP contribution in [0, 0.1) is 18.3 Å². The molecule has 1 N–H and O–H groups in total. The third-order valence-electron chi connectivity index (χ3n) is 5.04. The Balaban J connectivity index is 2.26. The van der Waals surface area contributed by atoms with Gasteiger partial charge in [-0.05, 0) is 79.0 Å². The van der Waals surface area contributed by atoms with E-state index in [4.69, 9.17) is 16.3 Å². The van der Waals surface area contributed by atoms with Crippen molar-refractivity contribution in [3.8, 4) is 6.07 Å². The second-order valence-corrected chi connectivity index (χ2v) is 8.72. The molecule has 32 heavy (non-hydrogen) atoms. The van der Waals surface area contributed by atoms with E-state index in [2.05, 4.69) is 32.3 Å². The minimum absolute atomic E-state index is 0.0122. The molecule has 0 amide bonds. The quantitative estimate of drug-likeness (QED) is 0.366. The minimum Gasteiger partial charge on any atom is -0.461 e. The summed E-state index contributed by atoms with van der Waals surface area (Å²) in [5.41, 5.74) is 4.14. The molecule has 1 unspecified atom stereocenters. The molecule has 0 aliphatic rings. The normalized spacial score (nSPS) is 11.8. The average molecular weight is 516 g/mol. The van der Waals surface area contributed by atoms with E-state index in [-0.39, 0.29) is 18.3 Å². The number of imidazole rings is 1. The Morgan fingerprint density at radius 3 is 2.56 bits per heavy atom. The molecule has 0 bridgehead atoms. The predicted molar refractivity (Wildman–Crippen MR) is 129 cm³/mol. The van der Waals surface area contributed by atoms with Crippen LogP contribution in [-0.2, 0) is 4.74 Å². The Labute approximate surface area is 201 Å². The maximum atomic E-state index is 12.9. The summed E-state index contributed by atoms with van der Waals surface area (Å²) in [6, 6.07) is 14.6. The highest BCUT2D eigenvalue weighted by Crippen LogP contribution is 2.35. The van der Waals surface area contributed by atoms with Crippen LogP contribution in [0.5, 0.6) is 0 Å². The summed E-state index contributed by atoms with van der Waals surface area (Å²) in [5, 5.41) is 13.4. The van der Waals surface area contributed by atoms with Crippen molar-refractivity contribution in [1.29, 1.82) is 5.26 Å². The Morgan fingerprint density at radius 1 is 1.28 bits per heavy atom. The number of rotatable bonds is 7. The van der Waals surface area contributed by atoms with Crippen LogP contribution in [-0.4, -0.2) is 22.1 Å². The number of anilines is 1. The number of nitrogens with zero attached hydrogens (tertiary/aromatic N) is 3. The summed E-state index contributed by atoms with van der Waals surface area (Å²) in [5.74, 6) is -0.495. The zero-order valence-corrected chi connectivity index (χ0v) is 20.7. The molecule has 0 spiro atoms. The van der Waals surface area contributed by atoms with E-state index >= 15 is 0 Å². The fraction of sp³-hybridized carbons (Fsp3) is 0.292. The van der Waals surface area contributed by atoms with Crippen LogP contribution in [0.4, 0.5) is 5.69 Å². The van der Waals surface area contributed by atoms with E-state index in [1.807, 2.05) is 55.7 Å². The van der Waals surface area contributed by atoms with Gasteiger partial charge in [-0.1, -0.05) is 29.8 Å². The average Bonchev–Trinajstić information content (AvgIpc) is 3.11. The molecule has 1 aromatic heterocycles. The number of aromatic nitrogens is 2. The first-order valence-corrected chi connectivity index (χ1v) is 11.4. The molecule has 8 heteroatoms. The SMILES string of the molecule is CCOC(=O)c1nc(Br)n(C(C)C)c1C(Nc1cc(Cl)ccc1C)c1ccc(C#N)cc1. The number of hydrogen-bond acceptors (Lipinski definition) is 5. The molecular weight excluding hydrogens is 492 g/mol. The van der Waals surface area contributed by atoms with Gasteiger partial charge in [-0.15, -0.1) is 0 Å². The summed E-state index contributed by atoms with van der Waals surface area (Å²) in [6.45, 7) is 8.03. The van der Waals surface area contributed by atoms with E-state index in [9.17, 15) is 10.1 Å². The van der Waals surface area contributed by atoms with Crippen molar-refractivity contribution in [2.24, 2.45) is 0 Å². The highest BCUT2D eigenvalue weighted by Gasteiger charge is 2.31. The van der Waals surface area contributed by atoms with Gasteiger partial charge in [-0.2, -0.15) is 5.26 Å². The van der Waals surface area contributed by atoms with Gasteiger partial charge in [0.1, 0.15) is 0 Å². The van der Waals surface area contributed by atoms with Gasteiger partial charge in [0.25, 0.3) is 0 Å². The third-order valence-corrected chi connectivity index (χ3v) is 5.83. The number of nitrogens with one attached hydrogen (secondary N) is 1. The predicted octanol–water partition coefficient (Wildman–Crippen LogP) is 6.44. The van der Waals surface area contributed by atoms with Gasteiger partial charge in [0.2, 0.25) is 0 Å². The van der Waals surface area contributed by atoms with Gasteiger partial charge >= 0.3 is 5.97 Å². The number of aryl methyl sites for hydroxylation is 1. The summed E-state index contributed by atoms with van der Waals surface area (Å²) in [7, 11) is 0. The van der Waals surface area contributed by atoms with Crippen LogP contribution >= 0.6 is 27.5 Å². The zero-order valence-electron chi connectivity index (χ0n) is 18.3. The van der Waals surface area contributed by atoms with Crippen LogP contribution in [0.2, 0.25) is 5.02 Å². The molecule has 0 fully saturated rings. The van der Waals surface area contributed by atoms with Crippen LogP contribution in [0.25, 0.3) is 0 Å². The van der Waals surface area contributed by atoms with Crippen LogP contribution in [0.3, 0.4) is 0 Å². The lowest BCUT2D eigenvalue weighted by Gasteiger charge is -2.26. The Bertz CT molecular complexity index is 1170. The molecule has 0 saturated carbocycles. The molecule has 2 aromatic carbocycles. The van der Waals surface area contributed by atoms with Gasteiger partial charge < -0.3 is 14.6 Å². The third kappa shape index (κ3) is 4.98. The number of halogens is 2. The van der Waals surface area contributed by atoms with Gasteiger partial charge in [-0.25, -0.2) is 9.78 Å². The van der Waals surface area contributed by atoms with E-state index in [0.29, 0.717) is 21.0 Å². The van der Waals surface area contributed by atoms with Gasteiger partial charge in [0.15, 0.2) is 10.4 Å². The highest BCUT2D eigenvalue weighted by molar-refractivity contribution is 9.10. The summed E-state index contributed by atoms with van der Waals surface area (Å²) in [6.07, 6.45) is 0. The molecule has 0 saturated heterocycles. The summed E-state index contributed by atoms with van der Waals surface area (Å²) in [4.78, 5) is 17.4. The van der Waals surface area contributed by atoms with Gasteiger partial charge in [0.05, 0.1) is 30.0 Å². The maximum Gasteiger partial charge on any atom is 0.358 e. The van der Waals surface area contributed by atoms with Crippen LogP contribution < -0.4 is 5.32 Å².